The van der Waals surface area contributed by atoms with E-state index >= 15 is 0 Å². The van der Waals surface area contributed by atoms with Crippen molar-refractivity contribution in [3.8, 4) is 0 Å². The number of nitrogens with one attached hydrogen (secondary N) is 1. The molecule has 2 heterocycles. The van der Waals surface area contributed by atoms with Gasteiger partial charge in [0.25, 0.3) is 5.91 Å². The molecule has 132 valence electrons. The topological polar surface area (TPSA) is 62.3 Å². The van der Waals surface area contributed by atoms with Crippen molar-refractivity contribution in [3.05, 3.63) is 47.0 Å². The number of hydrogen-bond donors (Lipinski definition) is 1. The molecule has 1 saturated heterocycles. The van der Waals surface area contributed by atoms with Gasteiger partial charge in [0.1, 0.15) is 11.5 Å². The van der Waals surface area contributed by atoms with E-state index in [0.29, 0.717) is 25.2 Å². The van der Waals surface area contributed by atoms with E-state index in [-0.39, 0.29) is 17.6 Å². The molecule has 1 aliphatic rings. The number of carbonyl (C=O) groups excluding carboxylic acids is 2. The van der Waals surface area contributed by atoms with Crippen molar-refractivity contribution in [1.82, 2.24) is 9.88 Å². The molecule has 0 bridgehead atoms. The number of piperidine rings is 1. The number of amides is 1. The molecule has 1 atom stereocenters. The summed E-state index contributed by atoms with van der Waals surface area (Å²) in [6.45, 7) is 1.21. The third-order valence-electron chi connectivity index (χ3n) is 4.60. The van der Waals surface area contributed by atoms with Crippen LogP contribution in [0.2, 0.25) is 0 Å². The number of ketones is 1. The molecular formula is C19H23N3O2S. The lowest BCUT2D eigenvalue weighted by molar-refractivity contribution is -0.124. The number of carbonyl (C=O) groups is 2. The summed E-state index contributed by atoms with van der Waals surface area (Å²) in [5, 5.41) is 5.45. The monoisotopic (exact) mass is 357 g/mol. The van der Waals surface area contributed by atoms with Crippen molar-refractivity contribution < 1.29 is 9.59 Å². The Labute approximate surface area is 152 Å². The van der Waals surface area contributed by atoms with Gasteiger partial charge in [-0.1, -0.05) is 30.3 Å². The lowest BCUT2D eigenvalue weighted by atomic mass is 9.90. The van der Waals surface area contributed by atoms with Crippen LogP contribution in [0.4, 0.5) is 5.13 Å². The van der Waals surface area contributed by atoms with E-state index in [0.717, 1.165) is 24.4 Å². The number of aryl methyl sites for hydroxylation is 1. The van der Waals surface area contributed by atoms with Gasteiger partial charge < -0.3 is 10.2 Å². The fourth-order valence-corrected chi connectivity index (χ4v) is 3.84. The third kappa shape index (κ3) is 4.45. The predicted octanol–water partition coefficient (Wildman–Crippen LogP) is 3.24. The van der Waals surface area contributed by atoms with Crippen LogP contribution in [0, 0.1) is 5.92 Å². The van der Waals surface area contributed by atoms with E-state index in [4.69, 9.17) is 0 Å². The van der Waals surface area contributed by atoms with Crippen molar-refractivity contribution >= 4 is 28.2 Å². The Morgan fingerprint density at radius 1 is 1.32 bits per heavy atom. The van der Waals surface area contributed by atoms with Crippen molar-refractivity contribution in [1.29, 1.82) is 0 Å². The molecule has 1 fully saturated rings. The van der Waals surface area contributed by atoms with Gasteiger partial charge in [0.05, 0.1) is 0 Å². The summed E-state index contributed by atoms with van der Waals surface area (Å²) < 4.78 is 0. The molecule has 0 saturated carbocycles. The number of Topliss-reactive ketones (excluding diaryl/α,β-unsaturated/α-hetero) is 1. The fraction of sp³-hybridized carbons (Fsp3) is 0.421. The van der Waals surface area contributed by atoms with Crippen molar-refractivity contribution in [2.24, 2.45) is 5.92 Å². The predicted molar refractivity (Wildman–Crippen MR) is 100 cm³/mol. The molecule has 1 amide bonds. The van der Waals surface area contributed by atoms with Gasteiger partial charge in [-0.15, -0.1) is 11.3 Å². The molecule has 1 aliphatic heterocycles. The van der Waals surface area contributed by atoms with Gasteiger partial charge in [0.15, 0.2) is 5.13 Å². The van der Waals surface area contributed by atoms with Crippen LogP contribution in [0.1, 0.15) is 35.3 Å². The molecule has 5 nitrogen and oxygen atoms in total. The second-order valence-corrected chi connectivity index (χ2v) is 7.19. The Bertz CT molecular complexity index is 729. The normalized spacial score (nSPS) is 17.3. The first-order valence-corrected chi connectivity index (χ1v) is 9.54. The molecule has 1 aromatic heterocycles. The zero-order chi connectivity index (χ0) is 17.6. The molecule has 3 rings (SSSR count). The van der Waals surface area contributed by atoms with Crippen molar-refractivity contribution in [2.45, 2.75) is 25.7 Å². The average Bonchev–Trinajstić information content (AvgIpc) is 3.15. The summed E-state index contributed by atoms with van der Waals surface area (Å²) in [5.74, 6) is 0.137. The zero-order valence-electron chi connectivity index (χ0n) is 14.4. The van der Waals surface area contributed by atoms with Crippen LogP contribution in [-0.2, 0) is 11.2 Å². The number of thiazole rings is 1. The molecule has 0 spiro atoms. The standard InChI is InChI=1S/C19H23N3O2S/c1-20-19-21-16(13-25-19)18(24)22-11-5-8-15(12-22)17(23)10-9-14-6-3-2-4-7-14/h2-4,6-7,13,15H,5,8-12H2,1H3,(H,20,21)/t15-/m1/s1. The molecule has 0 unspecified atom stereocenters. The van der Waals surface area contributed by atoms with Crippen molar-refractivity contribution in [2.75, 3.05) is 25.5 Å². The molecule has 6 heteroatoms. The summed E-state index contributed by atoms with van der Waals surface area (Å²) in [4.78, 5) is 31.2. The number of aromatic nitrogens is 1. The van der Waals surface area contributed by atoms with E-state index < -0.39 is 0 Å². The molecule has 1 aromatic carbocycles. The number of anilines is 1. The summed E-state index contributed by atoms with van der Waals surface area (Å²) in [7, 11) is 1.79. The Kier molecular flexibility index (Phi) is 5.81. The fourth-order valence-electron chi connectivity index (χ4n) is 3.19. The smallest absolute Gasteiger partial charge is 0.273 e. The van der Waals surface area contributed by atoms with Crippen LogP contribution in [0.5, 0.6) is 0 Å². The maximum absolute atomic E-state index is 12.6. The van der Waals surface area contributed by atoms with Crippen LogP contribution in [0.25, 0.3) is 0 Å². The van der Waals surface area contributed by atoms with E-state index in [1.165, 1.54) is 16.9 Å². The van der Waals surface area contributed by atoms with E-state index in [1.54, 1.807) is 17.3 Å². The van der Waals surface area contributed by atoms with Crippen LogP contribution in [-0.4, -0.2) is 41.7 Å². The van der Waals surface area contributed by atoms with Gasteiger partial charge in [-0.3, -0.25) is 9.59 Å². The minimum Gasteiger partial charge on any atom is -0.365 e. The Morgan fingerprint density at radius 3 is 2.84 bits per heavy atom. The highest BCUT2D eigenvalue weighted by Crippen LogP contribution is 2.23. The first-order chi connectivity index (χ1) is 12.2. The zero-order valence-corrected chi connectivity index (χ0v) is 15.2. The molecular weight excluding hydrogens is 334 g/mol. The first-order valence-electron chi connectivity index (χ1n) is 8.66. The lowest BCUT2D eigenvalue weighted by Gasteiger charge is -2.31. The average molecular weight is 357 g/mol. The second kappa shape index (κ2) is 8.25. The highest BCUT2D eigenvalue weighted by atomic mass is 32.1. The quantitative estimate of drug-likeness (QED) is 0.862. The largest absolute Gasteiger partial charge is 0.365 e. The summed E-state index contributed by atoms with van der Waals surface area (Å²) in [5.41, 5.74) is 1.65. The number of benzene rings is 1. The Balaban J connectivity index is 1.56. The molecule has 0 radical (unpaired) electrons. The number of nitrogens with zero attached hydrogens (tertiary/aromatic N) is 2. The molecule has 2 aromatic rings. The molecule has 25 heavy (non-hydrogen) atoms. The van der Waals surface area contributed by atoms with Crippen LogP contribution < -0.4 is 5.32 Å². The van der Waals surface area contributed by atoms with Crippen molar-refractivity contribution in [3.63, 3.8) is 0 Å². The minimum atomic E-state index is -0.0710. The highest BCUT2D eigenvalue weighted by Gasteiger charge is 2.29. The maximum atomic E-state index is 12.6. The van der Waals surface area contributed by atoms with Crippen LogP contribution in [0.15, 0.2) is 35.7 Å². The summed E-state index contributed by atoms with van der Waals surface area (Å²) in [6, 6.07) is 10.1. The first kappa shape index (κ1) is 17.6. The number of likely N-dealkylation sites (tertiary alicyclic amines) is 1. The Morgan fingerprint density at radius 2 is 2.12 bits per heavy atom. The van der Waals surface area contributed by atoms with Gasteiger partial charge in [-0.05, 0) is 24.8 Å². The number of rotatable bonds is 6. The SMILES string of the molecule is CNc1nc(C(=O)N2CCC[C@@H](C(=O)CCc3ccccc3)C2)cs1. The van der Waals surface area contributed by atoms with Gasteiger partial charge in [0.2, 0.25) is 0 Å². The molecule has 1 N–H and O–H groups in total. The van der Waals surface area contributed by atoms with Gasteiger partial charge in [-0.2, -0.15) is 0 Å². The minimum absolute atomic E-state index is 0.0520. The van der Waals surface area contributed by atoms with E-state index in [2.05, 4.69) is 10.3 Å². The lowest BCUT2D eigenvalue weighted by Crippen LogP contribution is -2.42. The van der Waals surface area contributed by atoms with E-state index in [9.17, 15) is 9.59 Å². The van der Waals surface area contributed by atoms with Gasteiger partial charge >= 0.3 is 0 Å². The summed E-state index contributed by atoms with van der Waals surface area (Å²) in [6.07, 6.45) is 3.05. The van der Waals surface area contributed by atoms with Crippen LogP contribution in [0.3, 0.4) is 0 Å². The summed E-state index contributed by atoms with van der Waals surface area (Å²) >= 11 is 1.42. The maximum Gasteiger partial charge on any atom is 0.273 e. The van der Waals surface area contributed by atoms with Crippen LogP contribution >= 0.6 is 11.3 Å². The second-order valence-electron chi connectivity index (χ2n) is 6.33. The van der Waals surface area contributed by atoms with E-state index in [1.807, 2.05) is 30.3 Å². The number of hydrogen-bond acceptors (Lipinski definition) is 5. The molecule has 0 aliphatic carbocycles. The third-order valence-corrected chi connectivity index (χ3v) is 5.46. The highest BCUT2D eigenvalue weighted by molar-refractivity contribution is 7.13. The Hall–Kier alpha value is -2.21. The van der Waals surface area contributed by atoms with Gasteiger partial charge in [0, 0.05) is 37.9 Å². The van der Waals surface area contributed by atoms with Gasteiger partial charge in [-0.25, -0.2) is 4.98 Å².